The Hall–Kier alpha value is -2.42. The minimum absolute atomic E-state index is 0.0504. The monoisotopic (exact) mass is 225 g/mol. The van der Waals surface area contributed by atoms with E-state index < -0.39 is 0 Å². The number of hydrogen-bond acceptors (Lipinski definition) is 3. The van der Waals surface area contributed by atoms with Crippen LogP contribution >= 0.6 is 0 Å². The molecule has 0 fully saturated rings. The highest BCUT2D eigenvalue weighted by Crippen LogP contribution is 2.18. The fraction of sp³-hybridized carbons (Fsp3) is 0. The molecule has 17 heavy (non-hydrogen) atoms. The molecule has 0 saturated heterocycles. The molecule has 86 valence electrons. The fourth-order valence-corrected chi connectivity index (χ4v) is 1.46. The summed E-state index contributed by atoms with van der Waals surface area (Å²) in [6.45, 7) is 0. The first-order chi connectivity index (χ1) is 8.13. The Labute approximate surface area is 98.9 Å². The molecule has 0 heterocycles. The van der Waals surface area contributed by atoms with E-state index >= 15 is 0 Å². The summed E-state index contributed by atoms with van der Waals surface area (Å²) < 4.78 is 0. The SMILES string of the molecule is [O-]c1ccc(/C=C/c2cc([O-])cc([O-])c2)cc1. The van der Waals surface area contributed by atoms with Crippen molar-refractivity contribution in [1.29, 1.82) is 0 Å². The van der Waals surface area contributed by atoms with Gasteiger partial charge in [0.05, 0.1) is 0 Å². The molecule has 0 saturated carbocycles. The van der Waals surface area contributed by atoms with E-state index in [1.54, 1.807) is 24.3 Å². The van der Waals surface area contributed by atoms with Gasteiger partial charge in [-0.3, -0.25) is 0 Å². The molecule has 0 unspecified atom stereocenters. The number of hydrogen-bond donors (Lipinski definition) is 0. The second kappa shape index (κ2) is 4.61. The van der Waals surface area contributed by atoms with E-state index in [9.17, 15) is 15.3 Å². The molecule has 3 nitrogen and oxygen atoms in total. The zero-order valence-electron chi connectivity index (χ0n) is 8.92. The second-order valence-corrected chi connectivity index (χ2v) is 3.64. The Morgan fingerprint density at radius 1 is 0.588 bits per heavy atom. The van der Waals surface area contributed by atoms with E-state index in [2.05, 4.69) is 0 Å². The van der Waals surface area contributed by atoms with Crippen molar-refractivity contribution in [2.45, 2.75) is 0 Å². The molecule has 0 aliphatic heterocycles. The van der Waals surface area contributed by atoms with Gasteiger partial charge in [-0.1, -0.05) is 54.6 Å². The predicted octanol–water partition coefficient (Wildman–Crippen LogP) is 1.08. The van der Waals surface area contributed by atoms with E-state index in [1.807, 2.05) is 0 Å². The lowest BCUT2D eigenvalue weighted by Gasteiger charge is -2.13. The van der Waals surface area contributed by atoms with Crippen LogP contribution in [0.3, 0.4) is 0 Å². The molecule has 0 atom stereocenters. The van der Waals surface area contributed by atoms with Gasteiger partial charge in [0.25, 0.3) is 0 Å². The Kier molecular flexibility index (Phi) is 3.01. The first-order valence-corrected chi connectivity index (χ1v) is 5.08. The minimum atomic E-state index is -0.299. The molecule has 0 amide bonds. The third-order valence-electron chi connectivity index (χ3n) is 2.25. The van der Waals surface area contributed by atoms with Crippen LogP contribution in [0.5, 0.6) is 17.2 Å². The number of rotatable bonds is 2. The lowest BCUT2D eigenvalue weighted by atomic mass is 10.1. The van der Waals surface area contributed by atoms with E-state index in [0.717, 1.165) is 11.6 Å². The molecule has 2 aromatic carbocycles. The average Bonchev–Trinajstić information content (AvgIpc) is 2.27. The molecule has 0 aliphatic rings. The van der Waals surface area contributed by atoms with Crippen molar-refractivity contribution in [2.24, 2.45) is 0 Å². The summed E-state index contributed by atoms with van der Waals surface area (Å²) in [5.41, 5.74) is 1.40. The van der Waals surface area contributed by atoms with Crippen molar-refractivity contribution in [3.8, 4) is 17.2 Å². The van der Waals surface area contributed by atoms with Gasteiger partial charge in [0.15, 0.2) is 0 Å². The molecule has 0 aliphatic carbocycles. The summed E-state index contributed by atoms with van der Waals surface area (Å²) in [7, 11) is 0. The Balaban J connectivity index is 2.22. The van der Waals surface area contributed by atoms with Crippen LogP contribution in [0.2, 0.25) is 0 Å². The summed E-state index contributed by atoms with van der Waals surface area (Å²) in [6.07, 6.45) is 3.41. The van der Waals surface area contributed by atoms with Gasteiger partial charge in [0.2, 0.25) is 0 Å². The van der Waals surface area contributed by atoms with Crippen LogP contribution in [0.15, 0.2) is 42.5 Å². The topological polar surface area (TPSA) is 69.2 Å². The first-order valence-electron chi connectivity index (χ1n) is 5.08. The van der Waals surface area contributed by atoms with Gasteiger partial charge in [-0.25, -0.2) is 0 Å². The van der Waals surface area contributed by atoms with Gasteiger partial charge in [0.1, 0.15) is 0 Å². The highest BCUT2D eigenvalue weighted by molar-refractivity contribution is 5.70. The molecule has 2 rings (SSSR count). The van der Waals surface area contributed by atoms with Gasteiger partial charge in [-0.15, -0.1) is 17.2 Å². The van der Waals surface area contributed by atoms with E-state index in [1.165, 1.54) is 24.3 Å². The summed E-state index contributed by atoms with van der Waals surface area (Å²) in [6, 6.07) is 10.1. The van der Waals surface area contributed by atoms with Crippen molar-refractivity contribution < 1.29 is 15.3 Å². The van der Waals surface area contributed by atoms with Gasteiger partial charge in [-0.05, 0) is 11.1 Å². The quantitative estimate of drug-likeness (QED) is 0.718. The third-order valence-corrected chi connectivity index (χ3v) is 2.25. The molecular weight excluding hydrogens is 216 g/mol. The Bertz CT molecular complexity index is 522. The van der Waals surface area contributed by atoms with Crippen molar-refractivity contribution in [3.05, 3.63) is 53.6 Å². The van der Waals surface area contributed by atoms with Crippen LogP contribution in [0, 0.1) is 0 Å². The van der Waals surface area contributed by atoms with Gasteiger partial charge >= 0.3 is 0 Å². The van der Waals surface area contributed by atoms with Crippen molar-refractivity contribution in [1.82, 2.24) is 0 Å². The van der Waals surface area contributed by atoms with E-state index in [4.69, 9.17) is 0 Å². The normalized spacial score (nSPS) is 10.8. The lowest BCUT2D eigenvalue weighted by molar-refractivity contribution is -0.280. The summed E-state index contributed by atoms with van der Waals surface area (Å²) >= 11 is 0. The lowest BCUT2D eigenvalue weighted by Crippen LogP contribution is -1.95. The third kappa shape index (κ3) is 3.01. The molecule has 2 aromatic rings. The number of benzene rings is 2. The van der Waals surface area contributed by atoms with Crippen LogP contribution in [0.1, 0.15) is 11.1 Å². The van der Waals surface area contributed by atoms with Gasteiger partial charge < -0.3 is 15.3 Å². The maximum atomic E-state index is 11.1. The minimum Gasteiger partial charge on any atom is -0.872 e. The standard InChI is InChI=1S/C14H12O3/c15-12-5-3-10(4-6-12)1-2-11-7-13(16)9-14(17)8-11/h1-9,15-17H/p-3/b2-1+. The largest absolute Gasteiger partial charge is 0.872 e. The highest BCUT2D eigenvalue weighted by Gasteiger charge is 1.88. The fourth-order valence-electron chi connectivity index (χ4n) is 1.46. The summed E-state index contributed by atoms with van der Waals surface area (Å²) in [4.78, 5) is 0. The Morgan fingerprint density at radius 3 is 1.71 bits per heavy atom. The van der Waals surface area contributed by atoms with Gasteiger partial charge in [0, 0.05) is 0 Å². The van der Waals surface area contributed by atoms with Crippen LogP contribution in [-0.4, -0.2) is 0 Å². The second-order valence-electron chi connectivity index (χ2n) is 3.64. The zero-order chi connectivity index (χ0) is 12.3. The van der Waals surface area contributed by atoms with E-state index in [-0.39, 0.29) is 17.2 Å². The van der Waals surface area contributed by atoms with Crippen LogP contribution < -0.4 is 15.3 Å². The molecular formula is C14H9O3-3. The molecule has 0 spiro atoms. The zero-order valence-corrected chi connectivity index (χ0v) is 8.92. The summed E-state index contributed by atoms with van der Waals surface area (Å²) in [5, 5.41) is 33.1. The first kappa shape index (κ1) is 11.1. The van der Waals surface area contributed by atoms with E-state index in [0.29, 0.717) is 5.56 Å². The van der Waals surface area contributed by atoms with Crippen molar-refractivity contribution >= 4 is 12.2 Å². The molecule has 0 aromatic heterocycles. The average molecular weight is 225 g/mol. The highest BCUT2D eigenvalue weighted by atomic mass is 16.3. The summed E-state index contributed by atoms with van der Waals surface area (Å²) in [5.74, 6) is -0.648. The Morgan fingerprint density at radius 2 is 1.12 bits per heavy atom. The van der Waals surface area contributed by atoms with Crippen LogP contribution in [-0.2, 0) is 0 Å². The maximum Gasteiger partial charge on any atom is -0.0257 e. The van der Waals surface area contributed by atoms with Crippen LogP contribution in [0.4, 0.5) is 0 Å². The molecule has 0 bridgehead atoms. The molecule has 3 heteroatoms. The smallest absolute Gasteiger partial charge is 0.0257 e. The van der Waals surface area contributed by atoms with Crippen molar-refractivity contribution in [2.75, 3.05) is 0 Å². The maximum absolute atomic E-state index is 11.1. The van der Waals surface area contributed by atoms with Crippen LogP contribution in [0.25, 0.3) is 12.2 Å². The van der Waals surface area contributed by atoms with Gasteiger partial charge in [-0.2, -0.15) is 0 Å². The predicted molar refractivity (Wildman–Crippen MR) is 60.2 cm³/mol. The van der Waals surface area contributed by atoms with Crippen molar-refractivity contribution in [3.63, 3.8) is 0 Å². The molecule has 0 radical (unpaired) electrons. The molecule has 0 N–H and O–H groups in total.